The Morgan fingerprint density at radius 2 is 2.06 bits per heavy atom. The lowest BCUT2D eigenvalue weighted by atomic mass is 9.75. The van der Waals surface area contributed by atoms with Gasteiger partial charge in [0.1, 0.15) is 11.3 Å². The number of fused-ring (bicyclic) bond motifs is 1. The van der Waals surface area contributed by atoms with Crippen molar-refractivity contribution in [3.05, 3.63) is 65.5 Å². The lowest BCUT2D eigenvalue weighted by Crippen LogP contribution is -2.37. The molecule has 33 heavy (non-hydrogen) atoms. The van der Waals surface area contributed by atoms with Crippen molar-refractivity contribution in [1.82, 2.24) is 9.61 Å². The van der Waals surface area contributed by atoms with Crippen LogP contribution in [0.25, 0.3) is 5.52 Å². The fraction of sp³-hybridized carbons (Fsp3) is 0.273. The van der Waals surface area contributed by atoms with Gasteiger partial charge in [0.15, 0.2) is 5.22 Å². The molecule has 0 spiro atoms. The second-order valence-corrected chi connectivity index (χ2v) is 8.13. The third kappa shape index (κ3) is 4.13. The minimum atomic E-state index is -4.16. The number of anilines is 1. The van der Waals surface area contributed by atoms with Gasteiger partial charge >= 0.3 is 12.0 Å². The number of amidine groups is 1. The number of benzene rings is 1. The van der Waals surface area contributed by atoms with Crippen molar-refractivity contribution in [3.8, 4) is 0 Å². The van der Waals surface area contributed by atoms with Crippen molar-refractivity contribution < 1.29 is 22.8 Å². The number of amides is 1. The summed E-state index contributed by atoms with van der Waals surface area (Å²) < 4.78 is 39.6. The molecule has 1 aliphatic heterocycles. The molecule has 1 aromatic carbocycles. The van der Waals surface area contributed by atoms with Crippen molar-refractivity contribution >= 4 is 29.2 Å². The number of hydrogen-bond donors (Lipinski definition) is 1. The van der Waals surface area contributed by atoms with Gasteiger partial charge in [0.05, 0.1) is 28.8 Å². The van der Waals surface area contributed by atoms with Crippen LogP contribution in [0.2, 0.25) is 0 Å². The molecule has 8 nitrogen and oxygen atoms in total. The Morgan fingerprint density at radius 3 is 2.85 bits per heavy atom. The normalized spacial score (nSPS) is 21.3. The summed E-state index contributed by atoms with van der Waals surface area (Å²) in [6.45, 7) is 1.86. The van der Waals surface area contributed by atoms with Crippen LogP contribution >= 0.6 is 0 Å². The van der Waals surface area contributed by atoms with Crippen LogP contribution in [-0.2, 0) is 0 Å². The van der Waals surface area contributed by atoms with Crippen LogP contribution in [0, 0.1) is 18.8 Å². The smallest absolute Gasteiger partial charge is 0.322 e. The largest absolute Gasteiger partial charge is 0.391 e. The van der Waals surface area contributed by atoms with Crippen LogP contribution in [0.1, 0.15) is 34.3 Å². The summed E-state index contributed by atoms with van der Waals surface area (Å²) in [4.78, 5) is 14.1. The Bertz CT molecular complexity index is 1330. The first kappa shape index (κ1) is 21.0. The van der Waals surface area contributed by atoms with Gasteiger partial charge in [-0.25, -0.2) is 4.52 Å². The third-order valence-electron chi connectivity index (χ3n) is 5.82. The number of hydrazone groups is 1. The number of aromatic nitrogens is 2. The quantitative estimate of drug-likeness (QED) is 0.584. The molecule has 2 aromatic heterocycles. The summed E-state index contributed by atoms with van der Waals surface area (Å²) in [7, 11) is 0. The Kier molecular flexibility index (Phi) is 5.03. The SMILES string of the molecule is Cc1ccc(C2=N/[N+](=C\C3CC(C(F)(F)F)C3)N=N2)cc1NC(=O)c1cnn2ccccc12. The zero-order valence-electron chi connectivity index (χ0n) is 17.5. The van der Waals surface area contributed by atoms with Crippen molar-refractivity contribution in [1.29, 1.82) is 0 Å². The van der Waals surface area contributed by atoms with Gasteiger partial charge in [-0.3, -0.25) is 4.79 Å². The molecule has 5 rings (SSSR count). The van der Waals surface area contributed by atoms with E-state index in [1.54, 1.807) is 29.1 Å². The van der Waals surface area contributed by atoms with Crippen molar-refractivity contribution in [2.75, 3.05) is 5.32 Å². The molecular formula is C22H19F3N7O+. The summed E-state index contributed by atoms with van der Waals surface area (Å²) in [5, 5.41) is 19.3. The van der Waals surface area contributed by atoms with Crippen LogP contribution in [0.5, 0.6) is 0 Å². The highest BCUT2D eigenvalue weighted by Crippen LogP contribution is 2.43. The molecule has 1 amide bonds. The van der Waals surface area contributed by atoms with Crippen LogP contribution in [0.3, 0.4) is 0 Å². The third-order valence-corrected chi connectivity index (χ3v) is 5.82. The average molecular weight is 454 g/mol. The monoisotopic (exact) mass is 454 g/mol. The zero-order valence-corrected chi connectivity index (χ0v) is 17.5. The molecule has 0 bridgehead atoms. The first-order chi connectivity index (χ1) is 15.8. The lowest BCUT2D eigenvalue weighted by molar-refractivity contribution is -0.538. The van der Waals surface area contributed by atoms with E-state index in [0.29, 0.717) is 28.2 Å². The number of carbonyl (C=O) groups is 1. The van der Waals surface area contributed by atoms with E-state index in [9.17, 15) is 18.0 Å². The first-order valence-electron chi connectivity index (χ1n) is 10.3. The van der Waals surface area contributed by atoms with Gasteiger partial charge in [-0.1, -0.05) is 12.1 Å². The van der Waals surface area contributed by atoms with E-state index >= 15 is 0 Å². The number of rotatable bonds is 4. The molecule has 0 unspecified atom stereocenters. The Morgan fingerprint density at radius 1 is 1.24 bits per heavy atom. The molecular weight excluding hydrogens is 435 g/mol. The first-order valence-corrected chi connectivity index (χ1v) is 10.3. The fourth-order valence-corrected chi connectivity index (χ4v) is 3.84. The molecule has 1 fully saturated rings. The van der Waals surface area contributed by atoms with Crippen molar-refractivity contribution in [2.24, 2.45) is 27.3 Å². The number of nitrogens with zero attached hydrogens (tertiary/aromatic N) is 6. The number of pyridine rings is 1. The molecule has 1 N–H and O–H groups in total. The van der Waals surface area contributed by atoms with Gasteiger partial charge in [-0.2, -0.15) is 18.3 Å². The molecule has 0 atom stereocenters. The molecule has 168 valence electrons. The highest BCUT2D eigenvalue weighted by molar-refractivity contribution is 6.09. The molecule has 3 aromatic rings. The molecule has 11 heteroatoms. The van der Waals surface area contributed by atoms with Crippen molar-refractivity contribution in [3.63, 3.8) is 0 Å². The van der Waals surface area contributed by atoms with Crippen molar-refractivity contribution in [2.45, 2.75) is 25.9 Å². The highest BCUT2D eigenvalue weighted by atomic mass is 19.4. The van der Waals surface area contributed by atoms with E-state index in [1.807, 2.05) is 31.2 Å². The van der Waals surface area contributed by atoms with Gasteiger partial charge in [-0.15, -0.1) is 0 Å². The second kappa shape index (κ2) is 7.91. The molecule has 1 saturated carbocycles. The Hall–Kier alpha value is -3.89. The summed E-state index contributed by atoms with van der Waals surface area (Å²) >= 11 is 0. The van der Waals surface area contributed by atoms with Crippen LogP contribution < -0.4 is 5.32 Å². The number of carbonyl (C=O) groups excluding carboxylic acids is 1. The number of halogens is 3. The number of hydrogen-bond acceptors (Lipinski definition) is 5. The average Bonchev–Trinajstić information content (AvgIpc) is 3.38. The molecule has 0 radical (unpaired) electrons. The van der Waals surface area contributed by atoms with Crippen LogP contribution in [0.4, 0.5) is 18.9 Å². The van der Waals surface area contributed by atoms with Crippen LogP contribution in [-0.4, -0.2) is 38.5 Å². The minimum Gasteiger partial charge on any atom is -0.322 e. The van der Waals surface area contributed by atoms with E-state index in [0.717, 1.165) is 5.56 Å². The fourth-order valence-electron chi connectivity index (χ4n) is 3.84. The lowest BCUT2D eigenvalue weighted by Gasteiger charge is -2.33. The number of nitrogens with one attached hydrogen (secondary N) is 1. The number of alkyl halides is 3. The van der Waals surface area contributed by atoms with Gasteiger partial charge in [-0.05, 0) is 59.5 Å². The van der Waals surface area contributed by atoms with E-state index in [-0.39, 0.29) is 24.7 Å². The summed E-state index contributed by atoms with van der Waals surface area (Å²) in [5.74, 6) is -1.49. The molecule has 0 saturated heterocycles. The highest BCUT2D eigenvalue weighted by Gasteiger charge is 2.48. The number of aryl methyl sites for hydroxylation is 1. The van der Waals surface area contributed by atoms with Crippen LogP contribution in [0.15, 0.2) is 64.2 Å². The molecule has 2 aliphatic rings. The molecule has 3 heterocycles. The molecule has 1 aliphatic carbocycles. The maximum absolute atomic E-state index is 12.9. The topological polar surface area (TPSA) is 86.5 Å². The van der Waals surface area contributed by atoms with Gasteiger partial charge < -0.3 is 5.32 Å². The summed E-state index contributed by atoms with van der Waals surface area (Å²) in [6.07, 6.45) is 0.737. The Balaban J connectivity index is 1.32. The van der Waals surface area contributed by atoms with Gasteiger partial charge in [0.25, 0.3) is 5.91 Å². The predicted molar refractivity (Wildman–Crippen MR) is 114 cm³/mol. The maximum Gasteiger partial charge on any atom is 0.391 e. The summed E-state index contributed by atoms with van der Waals surface area (Å²) in [6, 6.07) is 10.8. The van der Waals surface area contributed by atoms with E-state index in [1.165, 1.54) is 11.0 Å². The van der Waals surface area contributed by atoms with E-state index < -0.39 is 12.1 Å². The predicted octanol–water partition coefficient (Wildman–Crippen LogP) is 4.61. The zero-order chi connectivity index (χ0) is 23.2. The Labute approximate surface area is 186 Å². The maximum atomic E-state index is 12.9. The standard InChI is InChI=1S/C22H18F3N7O/c1-13-5-6-15(20-28-30-32(29-20)12-14-8-16(9-14)22(23,24)25)10-18(13)27-21(33)17-11-26-31-7-3-2-4-19(17)31/h2-7,10-12,14,16H,8-9H2,1H3/p+1/b32-12+. The van der Waals surface area contributed by atoms with E-state index in [4.69, 9.17) is 0 Å². The summed E-state index contributed by atoms with van der Waals surface area (Å²) in [5.41, 5.74) is 3.18. The second-order valence-electron chi connectivity index (χ2n) is 8.13. The van der Waals surface area contributed by atoms with E-state index in [2.05, 4.69) is 25.9 Å². The van der Waals surface area contributed by atoms with Gasteiger partial charge in [0, 0.05) is 17.8 Å². The minimum absolute atomic E-state index is 0.0324. The van der Waals surface area contributed by atoms with Gasteiger partial charge in [0.2, 0.25) is 0 Å².